The molecule has 0 bridgehead atoms. The van der Waals surface area contributed by atoms with Crippen LogP contribution in [0.1, 0.15) is 31.7 Å². The number of carbonyl (C=O) groups is 1. The van der Waals surface area contributed by atoms with Gasteiger partial charge in [0.25, 0.3) is 0 Å². The number of halogens is 1. The molecule has 0 saturated carbocycles. The molecule has 224 valence electrons. The van der Waals surface area contributed by atoms with Crippen LogP contribution in [-0.2, 0) is 21.4 Å². The molecule has 0 unspecified atom stereocenters. The number of hydrogen-bond acceptors (Lipinski definition) is 7. The number of rotatable bonds is 10. The largest absolute Gasteiger partial charge is 0.352 e. The molecule has 0 aliphatic carbocycles. The predicted molar refractivity (Wildman–Crippen MR) is 167 cm³/mol. The zero-order valence-electron chi connectivity index (χ0n) is 24.0. The summed E-state index contributed by atoms with van der Waals surface area (Å²) in [6.07, 6.45) is 11.6. The van der Waals surface area contributed by atoms with Crippen LogP contribution in [0.4, 0.5) is 10.1 Å². The van der Waals surface area contributed by atoms with Gasteiger partial charge in [-0.15, -0.1) is 0 Å². The molecule has 6 rings (SSSR count). The van der Waals surface area contributed by atoms with Gasteiger partial charge in [0, 0.05) is 59.0 Å². The number of anilines is 1. The van der Waals surface area contributed by atoms with Crippen molar-refractivity contribution in [3.8, 4) is 33.6 Å². The lowest BCUT2D eigenvalue weighted by Crippen LogP contribution is -2.21. The number of nitrogens with zero attached hydrogens (tertiary/aromatic N) is 4. The number of H-pyrrole nitrogens is 2. The standard InChI is InChI=1S/C31H29FN8O3S/c1-3-4-5-29(41)37-23-9-20(13-33-15-23)21-10-25-30(39-40-31(25)35-14-21)27-11-24-26(16-34-17-28(24)38-27)19-6-18(7-22(32)8-19)12-36-44(2,42)43/h6-11,13-17,36,38H,3-5,12H2,1-2H3,(H,37,41)(H,35,39,40). The van der Waals surface area contributed by atoms with Gasteiger partial charge in [-0.05, 0) is 53.9 Å². The summed E-state index contributed by atoms with van der Waals surface area (Å²) in [6, 6.07) is 10.2. The second-order valence-electron chi connectivity index (χ2n) is 10.6. The van der Waals surface area contributed by atoms with Gasteiger partial charge in [-0.2, -0.15) is 5.10 Å². The molecular formula is C31H29FN8O3S. The van der Waals surface area contributed by atoms with Crippen LogP contribution in [0.3, 0.4) is 0 Å². The van der Waals surface area contributed by atoms with E-state index in [-0.39, 0.29) is 12.5 Å². The second-order valence-corrected chi connectivity index (χ2v) is 12.4. The highest BCUT2D eigenvalue weighted by atomic mass is 32.2. The SMILES string of the molecule is CCCCC(=O)Nc1cncc(-c2cnc3n[nH]c(-c4cc5c(-c6cc(F)cc(CNS(C)(=O)=O)c6)cncc5[nH]4)c3c2)c1. The van der Waals surface area contributed by atoms with Crippen LogP contribution in [0.15, 0.2) is 67.4 Å². The third kappa shape index (κ3) is 6.33. The normalized spacial score (nSPS) is 11.8. The molecule has 1 amide bonds. The fraction of sp³-hybridized carbons (Fsp3) is 0.194. The molecule has 0 fully saturated rings. The van der Waals surface area contributed by atoms with Gasteiger partial charge in [0.05, 0.1) is 41.2 Å². The van der Waals surface area contributed by atoms with Crippen LogP contribution in [0.25, 0.3) is 55.6 Å². The third-order valence-corrected chi connectivity index (χ3v) is 7.81. The van der Waals surface area contributed by atoms with E-state index in [1.54, 1.807) is 37.1 Å². The topological polar surface area (TPSA) is 158 Å². The summed E-state index contributed by atoms with van der Waals surface area (Å²) >= 11 is 0. The monoisotopic (exact) mass is 612 g/mol. The number of sulfonamides is 1. The number of amides is 1. The molecule has 0 radical (unpaired) electrons. The molecule has 5 heterocycles. The molecule has 0 aliphatic rings. The molecule has 13 heteroatoms. The smallest absolute Gasteiger partial charge is 0.224 e. The number of aromatic nitrogens is 6. The maximum absolute atomic E-state index is 14.6. The average molecular weight is 613 g/mol. The zero-order chi connectivity index (χ0) is 30.8. The minimum Gasteiger partial charge on any atom is -0.352 e. The molecule has 6 aromatic rings. The van der Waals surface area contributed by atoms with Crippen molar-refractivity contribution < 1.29 is 17.6 Å². The Morgan fingerprint density at radius 1 is 0.932 bits per heavy atom. The van der Waals surface area contributed by atoms with Crippen molar-refractivity contribution in [1.29, 1.82) is 0 Å². The minimum absolute atomic E-state index is 0.0372. The average Bonchev–Trinajstić information content (AvgIpc) is 3.62. The van der Waals surface area contributed by atoms with E-state index in [0.717, 1.165) is 52.2 Å². The van der Waals surface area contributed by atoms with E-state index in [1.165, 1.54) is 12.1 Å². The van der Waals surface area contributed by atoms with Crippen LogP contribution in [0, 0.1) is 5.82 Å². The highest BCUT2D eigenvalue weighted by Crippen LogP contribution is 2.35. The van der Waals surface area contributed by atoms with E-state index >= 15 is 0 Å². The van der Waals surface area contributed by atoms with Gasteiger partial charge in [0.2, 0.25) is 15.9 Å². The fourth-order valence-corrected chi connectivity index (χ4v) is 5.46. The van der Waals surface area contributed by atoms with Crippen molar-refractivity contribution >= 4 is 43.6 Å². The molecule has 1 aromatic carbocycles. The summed E-state index contributed by atoms with van der Waals surface area (Å²) in [5.41, 5.74) is 6.58. The van der Waals surface area contributed by atoms with Gasteiger partial charge in [-0.25, -0.2) is 22.5 Å². The molecule has 4 N–H and O–H groups in total. The lowest BCUT2D eigenvalue weighted by Gasteiger charge is -2.08. The first-order chi connectivity index (χ1) is 21.2. The summed E-state index contributed by atoms with van der Waals surface area (Å²) in [4.78, 5) is 28.8. The Kier molecular flexibility index (Phi) is 7.89. The van der Waals surface area contributed by atoms with Crippen molar-refractivity contribution in [3.05, 3.63) is 78.8 Å². The highest BCUT2D eigenvalue weighted by Gasteiger charge is 2.16. The lowest BCUT2D eigenvalue weighted by atomic mass is 10.0. The Morgan fingerprint density at radius 3 is 2.57 bits per heavy atom. The van der Waals surface area contributed by atoms with Gasteiger partial charge >= 0.3 is 0 Å². The predicted octanol–water partition coefficient (Wildman–Crippen LogP) is 5.55. The van der Waals surface area contributed by atoms with Crippen LogP contribution in [-0.4, -0.2) is 50.7 Å². The first kappa shape index (κ1) is 29.1. The molecule has 44 heavy (non-hydrogen) atoms. The molecule has 11 nitrogen and oxygen atoms in total. The van der Waals surface area contributed by atoms with Gasteiger partial charge < -0.3 is 10.3 Å². The van der Waals surface area contributed by atoms with Gasteiger partial charge in [0.15, 0.2) is 5.65 Å². The number of carbonyl (C=O) groups excluding carboxylic acids is 1. The molecule has 0 aliphatic heterocycles. The number of aromatic amines is 2. The Hall–Kier alpha value is -5.01. The van der Waals surface area contributed by atoms with E-state index < -0.39 is 15.8 Å². The van der Waals surface area contributed by atoms with Crippen molar-refractivity contribution in [2.75, 3.05) is 11.6 Å². The van der Waals surface area contributed by atoms with Crippen LogP contribution in [0.2, 0.25) is 0 Å². The second kappa shape index (κ2) is 11.9. The fourth-order valence-electron chi connectivity index (χ4n) is 5.03. The summed E-state index contributed by atoms with van der Waals surface area (Å²) < 4.78 is 40.1. The number of benzene rings is 1. The quantitative estimate of drug-likeness (QED) is 0.158. The zero-order valence-corrected chi connectivity index (χ0v) is 24.8. The van der Waals surface area contributed by atoms with E-state index in [9.17, 15) is 17.6 Å². The number of unbranched alkanes of at least 4 members (excludes halogenated alkanes) is 1. The lowest BCUT2D eigenvalue weighted by molar-refractivity contribution is -0.116. The molecule has 0 atom stereocenters. The van der Waals surface area contributed by atoms with Crippen molar-refractivity contribution in [2.45, 2.75) is 32.7 Å². The van der Waals surface area contributed by atoms with Gasteiger partial charge in [-0.3, -0.25) is 19.9 Å². The number of pyridine rings is 3. The maximum Gasteiger partial charge on any atom is 0.224 e. The van der Waals surface area contributed by atoms with Crippen LogP contribution >= 0.6 is 0 Å². The number of fused-ring (bicyclic) bond motifs is 2. The molecule has 0 spiro atoms. The summed E-state index contributed by atoms with van der Waals surface area (Å²) in [5, 5.41) is 11.9. The van der Waals surface area contributed by atoms with Gasteiger partial charge in [0.1, 0.15) is 5.82 Å². The third-order valence-electron chi connectivity index (χ3n) is 7.14. The number of nitrogens with one attached hydrogen (secondary N) is 4. The Balaban J connectivity index is 1.35. The van der Waals surface area contributed by atoms with E-state index in [2.05, 4.69) is 40.2 Å². The van der Waals surface area contributed by atoms with E-state index in [1.807, 2.05) is 25.1 Å². The van der Waals surface area contributed by atoms with Crippen LogP contribution in [0.5, 0.6) is 0 Å². The molecule has 5 aromatic heterocycles. The van der Waals surface area contributed by atoms with E-state index in [0.29, 0.717) is 40.1 Å². The van der Waals surface area contributed by atoms with Crippen molar-refractivity contribution in [2.24, 2.45) is 0 Å². The summed E-state index contributed by atoms with van der Waals surface area (Å²) in [7, 11) is -3.44. The molecular weight excluding hydrogens is 583 g/mol. The minimum atomic E-state index is -3.44. The Morgan fingerprint density at radius 2 is 1.75 bits per heavy atom. The highest BCUT2D eigenvalue weighted by molar-refractivity contribution is 7.88. The van der Waals surface area contributed by atoms with Crippen molar-refractivity contribution in [3.63, 3.8) is 0 Å². The summed E-state index contributed by atoms with van der Waals surface area (Å²) in [5.74, 6) is -0.540. The van der Waals surface area contributed by atoms with Crippen molar-refractivity contribution in [1.82, 2.24) is 34.9 Å². The Bertz CT molecular complexity index is 2120. The van der Waals surface area contributed by atoms with Crippen LogP contribution < -0.4 is 10.0 Å². The van der Waals surface area contributed by atoms with E-state index in [4.69, 9.17) is 0 Å². The first-order valence-electron chi connectivity index (χ1n) is 14.0. The maximum atomic E-state index is 14.6. The first-order valence-corrected chi connectivity index (χ1v) is 15.9. The Labute approximate surface area is 252 Å². The summed E-state index contributed by atoms with van der Waals surface area (Å²) in [6.45, 7) is 2.00. The van der Waals surface area contributed by atoms with Gasteiger partial charge in [-0.1, -0.05) is 13.3 Å². The molecule has 0 saturated heterocycles. The number of hydrogen-bond donors (Lipinski definition) is 4.